The Balaban J connectivity index is 2.69. The lowest BCUT2D eigenvalue weighted by molar-refractivity contribution is -0.131. The first-order valence-corrected chi connectivity index (χ1v) is 4.94. The second kappa shape index (κ2) is 5.90. The average Bonchev–Trinajstić information content (AvgIpc) is 2.21. The summed E-state index contributed by atoms with van der Waals surface area (Å²) in [4.78, 5) is 10.2. The molecule has 0 heterocycles. The fourth-order valence-electron chi connectivity index (χ4n) is 1.24. The van der Waals surface area contributed by atoms with Crippen molar-refractivity contribution in [3.63, 3.8) is 0 Å². The van der Waals surface area contributed by atoms with Crippen LogP contribution >= 0.6 is 0 Å². The van der Waals surface area contributed by atoms with Crippen LogP contribution in [0.4, 0.5) is 4.39 Å². The number of halogens is 1. The number of ether oxygens (including phenoxy) is 1. The van der Waals surface area contributed by atoms with Gasteiger partial charge in [-0.25, -0.2) is 9.18 Å². The molecule has 4 heteroatoms. The van der Waals surface area contributed by atoms with Gasteiger partial charge in [-0.1, -0.05) is 12.1 Å². The van der Waals surface area contributed by atoms with Crippen molar-refractivity contribution in [3.05, 3.63) is 41.7 Å². The van der Waals surface area contributed by atoms with Crippen molar-refractivity contribution in [1.29, 1.82) is 0 Å². The molecule has 3 nitrogen and oxygen atoms in total. The van der Waals surface area contributed by atoms with Gasteiger partial charge < -0.3 is 9.84 Å². The number of benzene rings is 1. The summed E-state index contributed by atoms with van der Waals surface area (Å²) in [6.45, 7) is 2.19. The summed E-state index contributed by atoms with van der Waals surface area (Å²) < 4.78 is 18.4. The first-order chi connectivity index (χ1) is 7.63. The predicted molar refractivity (Wildman–Crippen MR) is 58.0 cm³/mol. The van der Waals surface area contributed by atoms with E-state index in [2.05, 4.69) is 0 Å². The number of aliphatic carboxylic acids is 1. The molecular weight excluding hydrogens is 211 g/mol. The fourth-order valence-corrected chi connectivity index (χ4v) is 1.24. The van der Waals surface area contributed by atoms with Gasteiger partial charge in [0, 0.05) is 6.08 Å². The monoisotopic (exact) mass is 224 g/mol. The van der Waals surface area contributed by atoms with Crippen molar-refractivity contribution < 1.29 is 19.0 Å². The van der Waals surface area contributed by atoms with Crippen LogP contribution in [0.3, 0.4) is 0 Å². The summed E-state index contributed by atoms with van der Waals surface area (Å²) >= 11 is 0. The lowest BCUT2D eigenvalue weighted by Crippen LogP contribution is -1.95. The number of carboxylic acids is 1. The van der Waals surface area contributed by atoms with Crippen molar-refractivity contribution in [3.8, 4) is 5.75 Å². The number of hydrogen-bond donors (Lipinski definition) is 1. The van der Waals surface area contributed by atoms with Crippen molar-refractivity contribution in [2.45, 2.75) is 13.3 Å². The van der Waals surface area contributed by atoms with E-state index in [-0.39, 0.29) is 5.75 Å². The minimum atomic E-state index is -1.01. The minimum absolute atomic E-state index is 0.216. The largest absolute Gasteiger partial charge is 0.491 e. The Hall–Kier alpha value is -1.84. The van der Waals surface area contributed by atoms with Gasteiger partial charge >= 0.3 is 5.97 Å². The molecule has 0 atom stereocenters. The van der Waals surface area contributed by atoms with Crippen LogP contribution in [0, 0.1) is 5.82 Å². The van der Waals surface area contributed by atoms with Crippen LogP contribution in [0.2, 0.25) is 0 Å². The standard InChI is InChI=1S/C12H13FO3/c1-2-16-11-7-6-9(8-10(11)13)4-3-5-12(14)15/h3,5-8H,2,4H2,1H3,(H,14,15)/b5-3+. The van der Waals surface area contributed by atoms with E-state index in [1.165, 1.54) is 12.1 Å². The maximum atomic E-state index is 13.4. The molecule has 1 rings (SSSR count). The predicted octanol–water partition coefficient (Wildman–Crippen LogP) is 2.41. The molecule has 0 saturated carbocycles. The molecule has 0 aliphatic heterocycles. The van der Waals surface area contributed by atoms with Gasteiger partial charge in [0.15, 0.2) is 11.6 Å². The molecule has 1 aromatic rings. The topological polar surface area (TPSA) is 46.5 Å². The Kier molecular flexibility index (Phi) is 4.51. The van der Waals surface area contributed by atoms with E-state index >= 15 is 0 Å². The normalized spacial score (nSPS) is 10.6. The van der Waals surface area contributed by atoms with Crippen LogP contribution in [0.15, 0.2) is 30.4 Å². The molecule has 0 saturated heterocycles. The first kappa shape index (κ1) is 12.2. The van der Waals surface area contributed by atoms with Gasteiger partial charge in [0.25, 0.3) is 0 Å². The Morgan fingerprint density at radius 2 is 2.31 bits per heavy atom. The number of allylic oxidation sites excluding steroid dienone is 1. The zero-order chi connectivity index (χ0) is 12.0. The zero-order valence-corrected chi connectivity index (χ0v) is 8.94. The number of hydrogen-bond acceptors (Lipinski definition) is 2. The molecule has 0 spiro atoms. The maximum Gasteiger partial charge on any atom is 0.327 e. The van der Waals surface area contributed by atoms with Crippen LogP contribution in [0.1, 0.15) is 12.5 Å². The molecule has 0 aliphatic rings. The quantitative estimate of drug-likeness (QED) is 0.781. The Morgan fingerprint density at radius 1 is 1.56 bits per heavy atom. The van der Waals surface area contributed by atoms with Crippen molar-refractivity contribution in [1.82, 2.24) is 0 Å². The highest BCUT2D eigenvalue weighted by molar-refractivity contribution is 5.79. The van der Waals surface area contributed by atoms with Crippen molar-refractivity contribution >= 4 is 5.97 Å². The van der Waals surface area contributed by atoms with Gasteiger partial charge in [-0.3, -0.25) is 0 Å². The van der Waals surface area contributed by atoms with E-state index in [9.17, 15) is 9.18 Å². The lowest BCUT2D eigenvalue weighted by atomic mass is 10.1. The number of carbonyl (C=O) groups is 1. The Bertz CT molecular complexity index is 399. The van der Waals surface area contributed by atoms with Gasteiger partial charge in [0.2, 0.25) is 0 Å². The first-order valence-electron chi connectivity index (χ1n) is 4.94. The van der Waals surface area contributed by atoms with Gasteiger partial charge in [0.05, 0.1) is 6.61 Å². The van der Waals surface area contributed by atoms with Crippen LogP contribution in [-0.2, 0) is 11.2 Å². The smallest absolute Gasteiger partial charge is 0.327 e. The summed E-state index contributed by atoms with van der Waals surface area (Å²) in [6.07, 6.45) is 2.89. The summed E-state index contributed by atoms with van der Waals surface area (Å²) in [5.74, 6) is -1.22. The fraction of sp³-hybridized carbons (Fsp3) is 0.250. The molecular formula is C12H13FO3. The van der Waals surface area contributed by atoms with Gasteiger partial charge in [0.1, 0.15) is 0 Å². The summed E-state index contributed by atoms with van der Waals surface area (Å²) in [6, 6.07) is 4.60. The number of carboxylic acid groups (broad SMARTS) is 1. The third-order valence-electron chi connectivity index (χ3n) is 1.91. The molecule has 0 aliphatic carbocycles. The summed E-state index contributed by atoms with van der Waals surface area (Å²) in [7, 11) is 0. The van der Waals surface area contributed by atoms with Crippen LogP contribution in [-0.4, -0.2) is 17.7 Å². The molecule has 0 fully saturated rings. The van der Waals surface area contributed by atoms with Gasteiger partial charge in [-0.15, -0.1) is 0 Å². The van der Waals surface area contributed by atoms with E-state index in [1.807, 2.05) is 0 Å². The second-order valence-electron chi connectivity index (χ2n) is 3.14. The van der Waals surface area contributed by atoms with Crippen LogP contribution in [0.5, 0.6) is 5.75 Å². The molecule has 1 aromatic carbocycles. The van der Waals surface area contributed by atoms with Crippen molar-refractivity contribution in [2.75, 3.05) is 6.61 Å². The van der Waals surface area contributed by atoms with Crippen LogP contribution in [0.25, 0.3) is 0 Å². The SMILES string of the molecule is CCOc1ccc(C/C=C/C(=O)O)cc1F. The molecule has 0 bridgehead atoms. The highest BCUT2D eigenvalue weighted by atomic mass is 19.1. The number of rotatable bonds is 5. The highest BCUT2D eigenvalue weighted by Crippen LogP contribution is 2.18. The second-order valence-corrected chi connectivity index (χ2v) is 3.14. The van der Waals surface area contributed by atoms with Crippen LogP contribution < -0.4 is 4.74 Å². The van der Waals surface area contributed by atoms with E-state index in [0.29, 0.717) is 18.6 Å². The van der Waals surface area contributed by atoms with Crippen molar-refractivity contribution in [2.24, 2.45) is 0 Å². The lowest BCUT2D eigenvalue weighted by Gasteiger charge is -2.05. The average molecular weight is 224 g/mol. The van der Waals surface area contributed by atoms with E-state index < -0.39 is 11.8 Å². The molecule has 0 amide bonds. The zero-order valence-electron chi connectivity index (χ0n) is 8.94. The molecule has 0 aromatic heterocycles. The maximum absolute atomic E-state index is 13.4. The molecule has 1 N–H and O–H groups in total. The van der Waals surface area contributed by atoms with Gasteiger partial charge in [-0.2, -0.15) is 0 Å². The van der Waals surface area contributed by atoms with E-state index in [1.54, 1.807) is 19.1 Å². The molecule has 86 valence electrons. The molecule has 16 heavy (non-hydrogen) atoms. The van der Waals surface area contributed by atoms with E-state index in [0.717, 1.165) is 6.08 Å². The van der Waals surface area contributed by atoms with E-state index in [4.69, 9.17) is 9.84 Å². The molecule has 0 radical (unpaired) electrons. The summed E-state index contributed by atoms with van der Waals surface area (Å²) in [5.41, 5.74) is 0.707. The Labute approximate surface area is 93.2 Å². The minimum Gasteiger partial charge on any atom is -0.491 e. The third-order valence-corrected chi connectivity index (χ3v) is 1.91. The van der Waals surface area contributed by atoms with Gasteiger partial charge in [-0.05, 0) is 31.0 Å². The Morgan fingerprint density at radius 3 is 2.88 bits per heavy atom. The summed E-state index contributed by atoms with van der Waals surface area (Å²) in [5, 5.41) is 8.38. The molecule has 0 unspecified atom stereocenters. The third kappa shape index (κ3) is 3.73. The highest BCUT2D eigenvalue weighted by Gasteiger charge is 2.03.